The van der Waals surface area contributed by atoms with E-state index in [1.165, 1.54) is 6.42 Å². The van der Waals surface area contributed by atoms with Gasteiger partial charge in [0.15, 0.2) is 0 Å². The van der Waals surface area contributed by atoms with Gasteiger partial charge >= 0.3 is 0 Å². The number of rotatable bonds is 6. The summed E-state index contributed by atoms with van der Waals surface area (Å²) in [6, 6.07) is 0.163. The van der Waals surface area contributed by atoms with Gasteiger partial charge in [-0.15, -0.1) is 0 Å². The SMILES string of the molecule is CCCC(COC)NC(=O)C1CCCCN1. The highest BCUT2D eigenvalue weighted by atomic mass is 16.5. The van der Waals surface area contributed by atoms with Gasteiger partial charge < -0.3 is 15.4 Å². The molecule has 0 bridgehead atoms. The number of nitrogens with one attached hydrogen (secondary N) is 2. The topological polar surface area (TPSA) is 50.4 Å². The van der Waals surface area contributed by atoms with Crippen LogP contribution in [0.2, 0.25) is 0 Å². The molecule has 2 unspecified atom stereocenters. The molecule has 1 saturated heterocycles. The molecule has 0 saturated carbocycles. The Balaban J connectivity index is 2.33. The van der Waals surface area contributed by atoms with E-state index in [0.29, 0.717) is 6.61 Å². The molecule has 0 aromatic carbocycles. The zero-order valence-corrected chi connectivity index (χ0v) is 10.4. The second kappa shape index (κ2) is 7.63. The molecule has 2 atom stereocenters. The van der Waals surface area contributed by atoms with Crippen LogP contribution in [0.1, 0.15) is 39.0 Å². The molecule has 1 amide bonds. The maximum Gasteiger partial charge on any atom is 0.237 e. The molecular formula is C12H24N2O2. The number of methoxy groups -OCH3 is 1. The van der Waals surface area contributed by atoms with E-state index in [4.69, 9.17) is 4.74 Å². The molecule has 1 aliphatic rings. The molecule has 4 nitrogen and oxygen atoms in total. The molecule has 2 N–H and O–H groups in total. The van der Waals surface area contributed by atoms with Crippen LogP contribution in [-0.4, -0.2) is 38.3 Å². The number of piperidine rings is 1. The van der Waals surface area contributed by atoms with Crippen molar-refractivity contribution in [2.75, 3.05) is 20.3 Å². The molecule has 0 aromatic heterocycles. The summed E-state index contributed by atoms with van der Waals surface area (Å²) in [5.41, 5.74) is 0. The Bertz CT molecular complexity index is 197. The number of hydrogen-bond donors (Lipinski definition) is 2. The van der Waals surface area contributed by atoms with Gasteiger partial charge in [0.2, 0.25) is 5.91 Å². The van der Waals surface area contributed by atoms with Crippen LogP contribution in [-0.2, 0) is 9.53 Å². The van der Waals surface area contributed by atoms with Crippen LogP contribution in [0.4, 0.5) is 0 Å². The summed E-state index contributed by atoms with van der Waals surface area (Å²) in [6.45, 7) is 3.68. The molecule has 0 aromatic rings. The summed E-state index contributed by atoms with van der Waals surface area (Å²) in [5, 5.41) is 6.32. The average molecular weight is 228 g/mol. The van der Waals surface area contributed by atoms with Crippen molar-refractivity contribution >= 4 is 5.91 Å². The number of amides is 1. The lowest BCUT2D eigenvalue weighted by atomic mass is 10.0. The van der Waals surface area contributed by atoms with Crippen LogP contribution >= 0.6 is 0 Å². The van der Waals surface area contributed by atoms with Crippen molar-refractivity contribution in [1.82, 2.24) is 10.6 Å². The third-order valence-electron chi connectivity index (χ3n) is 2.98. The third kappa shape index (κ3) is 4.49. The zero-order chi connectivity index (χ0) is 11.8. The van der Waals surface area contributed by atoms with Crippen molar-refractivity contribution in [3.8, 4) is 0 Å². The van der Waals surface area contributed by atoms with Crippen molar-refractivity contribution in [1.29, 1.82) is 0 Å². The minimum Gasteiger partial charge on any atom is -0.383 e. The van der Waals surface area contributed by atoms with Crippen LogP contribution in [0.15, 0.2) is 0 Å². The first-order chi connectivity index (χ1) is 7.77. The third-order valence-corrected chi connectivity index (χ3v) is 2.98. The Morgan fingerprint density at radius 1 is 1.56 bits per heavy atom. The second-order valence-electron chi connectivity index (χ2n) is 4.45. The number of ether oxygens (including phenoxy) is 1. The molecule has 0 aliphatic carbocycles. The fourth-order valence-corrected chi connectivity index (χ4v) is 2.12. The highest BCUT2D eigenvalue weighted by molar-refractivity contribution is 5.82. The summed E-state index contributed by atoms with van der Waals surface area (Å²) in [6.07, 6.45) is 5.32. The molecule has 1 fully saturated rings. The van der Waals surface area contributed by atoms with Crippen molar-refractivity contribution in [3.63, 3.8) is 0 Å². The quantitative estimate of drug-likeness (QED) is 0.714. The van der Waals surface area contributed by atoms with E-state index in [9.17, 15) is 4.79 Å². The van der Waals surface area contributed by atoms with E-state index in [0.717, 1.165) is 32.2 Å². The largest absolute Gasteiger partial charge is 0.383 e. The van der Waals surface area contributed by atoms with Crippen LogP contribution in [0.3, 0.4) is 0 Å². The molecule has 0 spiro atoms. The average Bonchev–Trinajstić information content (AvgIpc) is 2.31. The van der Waals surface area contributed by atoms with E-state index in [1.807, 2.05) is 0 Å². The van der Waals surface area contributed by atoms with Crippen molar-refractivity contribution < 1.29 is 9.53 Å². The Labute approximate surface area is 98.1 Å². The molecule has 16 heavy (non-hydrogen) atoms. The van der Waals surface area contributed by atoms with Gasteiger partial charge in [-0.2, -0.15) is 0 Å². The van der Waals surface area contributed by atoms with Crippen molar-refractivity contribution in [3.05, 3.63) is 0 Å². The van der Waals surface area contributed by atoms with Gasteiger partial charge in [0.05, 0.1) is 18.7 Å². The minimum absolute atomic E-state index is 0.00459. The second-order valence-corrected chi connectivity index (χ2v) is 4.45. The number of carbonyl (C=O) groups is 1. The van der Waals surface area contributed by atoms with Crippen molar-refractivity contribution in [2.24, 2.45) is 0 Å². The van der Waals surface area contributed by atoms with E-state index >= 15 is 0 Å². The predicted molar refractivity (Wildman–Crippen MR) is 64.4 cm³/mol. The summed E-state index contributed by atoms with van der Waals surface area (Å²) >= 11 is 0. The summed E-state index contributed by atoms with van der Waals surface area (Å²) in [4.78, 5) is 11.9. The summed E-state index contributed by atoms with van der Waals surface area (Å²) in [5.74, 6) is 0.134. The Morgan fingerprint density at radius 2 is 2.38 bits per heavy atom. The standard InChI is InChI=1S/C12H24N2O2/c1-3-6-10(9-16-2)14-12(15)11-7-4-5-8-13-11/h10-11,13H,3-9H2,1-2H3,(H,14,15). The van der Waals surface area contributed by atoms with Crippen LogP contribution < -0.4 is 10.6 Å². The normalized spacial score (nSPS) is 22.8. The van der Waals surface area contributed by atoms with Gasteiger partial charge in [0.25, 0.3) is 0 Å². The maximum atomic E-state index is 11.9. The lowest BCUT2D eigenvalue weighted by Crippen LogP contribution is -2.50. The Hall–Kier alpha value is -0.610. The lowest BCUT2D eigenvalue weighted by Gasteiger charge is -2.25. The molecular weight excluding hydrogens is 204 g/mol. The van der Waals surface area contributed by atoms with E-state index in [-0.39, 0.29) is 18.0 Å². The molecule has 1 rings (SSSR count). The van der Waals surface area contributed by atoms with E-state index in [2.05, 4.69) is 17.6 Å². The fourth-order valence-electron chi connectivity index (χ4n) is 2.12. The van der Waals surface area contributed by atoms with Gasteiger partial charge in [-0.1, -0.05) is 19.8 Å². The molecule has 1 aliphatic heterocycles. The van der Waals surface area contributed by atoms with Crippen molar-refractivity contribution in [2.45, 2.75) is 51.1 Å². The summed E-state index contributed by atoms with van der Waals surface area (Å²) in [7, 11) is 1.67. The van der Waals surface area contributed by atoms with Gasteiger partial charge in [0.1, 0.15) is 0 Å². The van der Waals surface area contributed by atoms with Gasteiger partial charge in [-0.05, 0) is 25.8 Å². The molecule has 4 heteroatoms. The molecule has 1 heterocycles. The maximum absolute atomic E-state index is 11.9. The fraction of sp³-hybridized carbons (Fsp3) is 0.917. The first-order valence-electron chi connectivity index (χ1n) is 6.30. The first kappa shape index (κ1) is 13.5. The highest BCUT2D eigenvalue weighted by Gasteiger charge is 2.22. The number of carbonyl (C=O) groups excluding carboxylic acids is 1. The van der Waals surface area contributed by atoms with Crippen LogP contribution in [0.25, 0.3) is 0 Å². The van der Waals surface area contributed by atoms with Gasteiger partial charge in [0, 0.05) is 7.11 Å². The smallest absolute Gasteiger partial charge is 0.237 e. The van der Waals surface area contributed by atoms with Crippen LogP contribution in [0.5, 0.6) is 0 Å². The van der Waals surface area contributed by atoms with Crippen LogP contribution in [0, 0.1) is 0 Å². The molecule has 94 valence electrons. The number of hydrogen-bond acceptors (Lipinski definition) is 3. The minimum atomic E-state index is 0.00459. The monoisotopic (exact) mass is 228 g/mol. The van der Waals surface area contributed by atoms with E-state index in [1.54, 1.807) is 7.11 Å². The van der Waals surface area contributed by atoms with E-state index < -0.39 is 0 Å². The highest BCUT2D eigenvalue weighted by Crippen LogP contribution is 2.07. The Kier molecular flexibility index (Phi) is 6.42. The summed E-state index contributed by atoms with van der Waals surface area (Å²) < 4.78 is 5.11. The Morgan fingerprint density at radius 3 is 2.94 bits per heavy atom. The lowest BCUT2D eigenvalue weighted by molar-refractivity contribution is -0.124. The molecule has 0 radical (unpaired) electrons. The predicted octanol–water partition coefficient (Wildman–Crippen LogP) is 1.06. The van der Waals surface area contributed by atoms with Gasteiger partial charge in [-0.3, -0.25) is 4.79 Å². The van der Waals surface area contributed by atoms with Gasteiger partial charge in [-0.25, -0.2) is 0 Å². The zero-order valence-electron chi connectivity index (χ0n) is 10.4. The first-order valence-corrected chi connectivity index (χ1v) is 6.30.